The van der Waals surface area contributed by atoms with Crippen molar-refractivity contribution < 1.29 is 14.3 Å². The summed E-state index contributed by atoms with van der Waals surface area (Å²) in [4.78, 5) is 22.4. The molecule has 1 heterocycles. The van der Waals surface area contributed by atoms with Crippen LogP contribution in [0.4, 0.5) is 0 Å². The molecule has 0 aromatic rings. The highest BCUT2D eigenvalue weighted by atomic mass is 16.5. The molecule has 1 rings (SSSR count). The molecule has 1 saturated heterocycles. The highest BCUT2D eigenvalue weighted by Crippen LogP contribution is 2.13. The summed E-state index contributed by atoms with van der Waals surface area (Å²) in [7, 11) is 0. The number of ether oxygens (including phenoxy) is 1. The van der Waals surface area contributed by atoms with Gasteiger partial charge in [-0.05, 0) is 13.0 Å². The number of primary amides is 1. The number of amides is 2. The second-order valence-electron chi connectivity index (χ2n) is 4.21. The Bertz CT molecular complexity index is 271. The molecule has 1 aliphatic rings. The Morgan fingerprint density at radius 3 is 2.76 bits per heavy atom. The van der Waals surface area contributed by atoms with E-state index in [4.69, 9.17) is 10.5 Å². The zero-order valence-corrected chi connectivity index (χ0v) is 10.2. The van der Waals surface area contributed by atoms with Gasteiger partial charge < -0.3 is 21.1 Å². The fourth-order valence-corrected chi connectivity index (χ4v) is 1.78. The zero-order valence-electron chi connectivity index (χ0n) is 10.2. The van der Waals surface area contributed by atoms with E-state index in [1.54, 1.807) is 0 Å². The fourth-order valence-electron chi connectivity index (χ4n) is 1.78. The van der Waals surface area contributed by atoms with Gasteiger partial charge in [-0.3, -0.25) is 9.59 Å². The average Bonchev–Trinajstić information content (AvgIpc) is 2.73. The fraction of sp³-hybridized carbons (Fsp3) is 0.818. The quantitative estimate of drug-likeness (QED) is 0.534. The first kappa shape index (κ1) is 13.9. The molecule has 0 radical (unpaired) electrons. The lowest BCUT2D eigenvalue weighted by Gasteiger charge is -2.18. The summed E-state index contributed by atoms with van der Waals surface area (Å²) in [6.07, 6.45) is 1.19. The van der Waals surface area contributed by atoms with Crippen LogP contribution in [0.5, 0.6) is 0 Å². The number of hydrogen-bond acceptors (Lipinski definition) is 4. The van der Waals surface area contributed by atoms with Gasteiger partial charge in [-0.25, -0.2) is 0 Å². The van der Waals surface area contributed by atoms with Gasteiger partial charge >= 0.3 is 0 Å². The van der Waals surface area contributed by atoms with Crippen LogP contribution in [0.25, 0.3) is 0 Å². The largest absolute Gasteiger partial charge is 0.379 e. The molecule has 4 N–H and O–H groups in total. The van der Waals surface area contributed by atoms with Crippen LogP contribution < -0.4 is 16.4 Å². The van der Waals surface area contributed by atoms with Gasteiger partial charge in [0.15, 0.2) is 0 Å². The van der Waals surface area contributed by atoms with Crippen molar-refractivity contribution in [2.75, 3.05) is 26.3 Å². The molecule has 2 amide bonds. The van der Waals surface area contributed by atoms with Crippen molar-refractivity contribution in [1.29, 1.82) is 0 Å². The standard InChI is InChI=1S/C11H21N3O3/c1-2-4-13-9-7-17-6-8(9)11(16)14-5-3-10(12)15/h8-9,13H,2-7H2,1H3,(H2,12,15)(H,14,16). The highest BCUT2D eigenvalue weighted by molar-refractivity contribution is 5.81. The lowest BCUT2D eigenvalue weighted by Crippen LogP contribution is -2.44. The van der Waals surface area contributed by atoms with Crippen molar-refractivity contribution in [3.8, 4) is 0 Å². The lowest BCUT2D eigenvalue weighted by atomic mass is 10.0. The van der Waals surface area contributed by atoms with Gasteiger partial charge in [0.25, 0.3) is 0 Å². The van der Waals surface area contributed by atoms with E-state index in [0.717, 1.165) is 13.0 Å². The summed E-state index contributed by atoms with van der Waals surface area (Å²) in [5.74, 6) is -0.652. The van der Waals surface area contributed by atoms with E-state index in [9.17, 15) is 9.59 Å². The maximum absolute atomic E-state index is 11.8. The molecule has 1 fully saturated rings. The predicted molar refractivity (Wildman–Crippen MR) is 63.2 cm³/mol. The number of nitrogens with two attached hydrogens (primary N) is 1. The Labute approximate surface area is 101 Å². The Kier molecular flexibility index (Phi) is 5.93. The molecule has 0 aliphatic carbocycles. The number of nitrogens with one attached hydrogen (secondary N) is 2. The van der Waals surface area contributed by atoms with Gasteiger partial charge in [0.05, 0.1) is 19.1 Å². The number of carbonyl (C=O) groups excluding carboxylic acids is 2. The van der Waals surface area contributed by atoms with E-state index in [2.05, 4.69) is 17.6 Å². The van der Waals surface area contributed by atoms with Crippen LogP contribution >= 0.6 is 0 Å². The molecule has 0 aromatic heterocycles. The highest BCUT2D eigenvalue weighted by Gasteiger charge is 2.33. The van der Waals surface area contributed by atoms with Gasteiger partial charge in [-0.15, -0.1) is 0 Å². The van der Waals surface area contributed by atoms with Gasteiger partial charge in [0.1, 0.15) is 0 Å². The molecule has 0 aromatic carbocycles. The number of hydrogen-bond donors (Lipinski definition) is 3. The molecule has 6 nitrogen and oxygen atoms in total. The van der Waals surface area contributed by atoms with E-state index in [1.807, 2.05) is 0 Å². The molecular formula is C11H21N3O3. The molecule has 2 unspecified atom stereocenters. The first-order valence-corrected chi connectivity index (χ1v) is 6.02. The normalized spacial score (nSPS) is 23.6. The van der Waals surface area contributed by atoms with Gasteiger partial charge in [0, 0.05) is 19.0 Å². The summed E-state index contributed by atoms with van der Waals surface area (Å²) < 4.78 is 5.30. The monoisotopic (exact) mass is 243 g/mol. The number of carbonyl (C=O) groups is 2. The molecule has 6 heteroatoms. The van der Waals surface area contributed by atoms with Gasteiger partial charge in [-0.1, -0.05) is 6.92 Å². The molecule has 17 heavy (non-hydrogen) atoms. The Hall–Kier alpha value is -1.14. The summed E-state index contributed by atoms with van der Waals surface area (Å²) in [5.41, 5.74) is 5.00. The lowest BCUT2D eigenvalue weighted by molar-refractivity contribution is -0.125. The maximum Gasteiger partial charge on any atom is 0.227 e. The van der Waals surface area contributed by atoms with Gasteiger partial charge in [-0.2, -0.15) is 0 Å². The van der Waals surface area contributed by atoms with Crippen molar-refractivity contribution in [1.82, 2.24) is 10.6 Å². The van der Waals surface area contributed by atoms with E-state index in [1.165, 1.54) is 0 Å². The Morgan fingerprint density at radius 2 is 2.12 bits per heavy atom. The van der Waals surface area contributed by atoms with Crippen LogP contribution in [0.2, 0.25) is 0 Å². The van der Waals surface area contributed by atoms with Crippen LogP contribution in [-0.4, -0.2) is 44.2 Å². The van der Waals surface area contributed by atoms with Crippen molar-refractivity contribution in [3.05, 3.63) is 0 Å². The summed E-state index contributed by atoms with van der Waals surface area (Å²) in [6.45, 7) is 4.24. The minimum atomic E-state index is -0.409. The van der Waals surface area contributed by atoms with Crippen LogP contribution in [0.15, 0.2) is 0 Å². The van der Waals surface area contributed by atoms with Crippen molar-refractivity contribution in [2.24, 2.45) is 11.7 Å². The molecular weight excluding hydrogens is 222 g/mol. The van der Waals surface area contributed by atoms with E-state index < -0.39 is 5.91 Å². The maximum atomic E-state index is 11.8. The molecule has 2 atom stereocenters. The SMILES string of the molecule is CCCNC1COCC1C(=O)NCCC(N)=O. The molecule has 98 valence electrons. The van der Waals surface area contributed by atoms with Crippen LogP contribution in [-0.2, 0) is 14.3 Å². The third-order valence-electron chi connectivity index (χ3n) is 2.74. The molecule has 0 saturated carbocycles. The van der Waals surface area contributed by atoms with E-state index in [-0.39, 0.29) is 24.3 Å². The molecule has 0 bridgehead atoms. The first-order valence-electron chi connectivity index (χ1n) is 6.02. The zero-order chi connectivity index (χ0) is 12.7. The summed E-state index contributed by atoms with van der Waals surface area (Å²) >= 11 is 0. The smallest absolute Gasteiger partial charge is 0.227 e. The second-order valence-corrected chi connectivity index (χ2v) is 4.21. The Morgan fingerprint density at radius 1 is 1.35 bits per heavy atom. The van der Waals surface area contributed by atoms with Crippen molar-refractivity contribution in [2.45, 2.75) is 25.8 Å². The number of rotatable bonds is 7. The molecule has 0 spiro atoms. The van der Waals surface area contributed by atoms with E-state index in [0.29, 0.717) is 19.8 Å². The first-order chi connectivity index (χ1) is 8.15. The van der Waals surface area contributed by atoms with Crippen molar-refractivity contribution >= 4 is 11.8 Å². The topological polar surface area (TPSA) is 93.4 Å². The van der Waals surface area contributed by atoms with E-state index >= 15 is 0 Å². The minimum Gasteiger partial charge on any atom is -0.379 e. The summed E-state index contributed by atoms with van der Waals surface area (Å²) in [5, 5.41) is 5.99. The van der Waals surface area contributed by atoms with Crippen LogP contribution in [0.1, 0.15) is 19.8 Å². The Balaban J connectivity index is 2.31. The third kappa shape index (κ3) is 4.70. The molecule has 1 aliphatic heterocycles. The third-order valence-corrected chi connectivity index (χ3v) is 2.74. The minimum absolute atomic E-state index is 0.0719. The summed E-state index contributed by atoms with van der Waals surface area (Å²) in [6, 6.07) is 0.0727. The van der Waals surface area contributed by atoms with Crippen LogP contribution in [0.3, 0.4) is 0 Å². The average molecular weight is 243 g/mol. The predicted octanol–water partition coefficient (Wildman–Crippen LogP) is -1.01. The van der Waals surface area contributed by atoms with Crippen LogP contribution in [0, 0.1) is 5.92 Å². The van der Waals surface area contributed by atoms with Crippen molar-refractivity contribution in [3.63, 3.8) is 0 Å². The van der Waals surface area contributed by atoms with Gasteiger partial charge in [0.2, 0.25) is 11.8 Å². The second kappa shape index (κ2) is 7.24.